The average Bonchev–Trinajstić information content (AvgIpc) is 3.17. The molecule has 0 N–H and O–H groups in total. The number of hydrogen-bond donors (Lipinski definition) is 0. The summed E-state index contributed by atoms with van der Waals surface area (Å²) in [5.74, 6) is -0.352. The molecule has 0 bridgehead atoms. The second-order valence-corrected chi connectivity index (χ2v) is 8.19. The highest BCUT2D eigenvalue weighted by atomic mass is 32.2. The Hall–Kier alpha value is -1.96. The minimum absolute atomic E-state index is 0.0994. The van der Waals surface area contributed by atoms with Gasteiger partial charge in [-0.3, -0.25) is 4.79 Å². The van der Waals surface area contributed by atoms with E-state index in [2.05, 4.69) is 10.3 Å². The summed E-state index contributed by atoms with van der Waals surface area (Å²) in [6.07, 6.45) is 7.02. The molecule has 0 aromatic carbocycles. The summed E-state index contributed by atoms with van der Waals surface area (Å²) in [6.45, 7) is 0.316. The summed E-state index contributed by atoms with van der Waals surface area (Å²) in [6, 6.07) is 3.21. The molecule has 1 saturated carbocycles. The van der Waals surface area contributed by atoms with Crippen molar-refractivity contribution in [1.82, 2.24) is 19.1 Å². The maximum absolute atomic E-state index is 12.7. The lowest BCUT2D eigenvalue weighted by molar-refractivity contribution is 0.0843. The first-order valence-corrected chi connectivity index (χ1v) is 8.95. The Balaban J connectivity index is 1.69. The number of hydrogen-bond acceptors (Lipinski definition) is 5. The molecule has 0 atom stereocenters. The fourth-order valence-electron chi connectivity index (χ4n) is 3.65. The van der Waals surface area contributed by atoms with E-state index in [1.165, 1.54) is 10.7 Å². The number of nitrogens with zero attached hydrogens (tertiary/aromatic N) is 4. The van der Waals surface area contributed by atoms with E-state index >= 15 is 0 Å². The van der Waals surface area contributed by atoms with Crippen molar-refractivity contribution in [2.75, 3.05) is 12.3 Å². The first-order chi connectivity index (χ1) is 10.5. The van der Waals surface area contributed by atoms with Crippen LogP contribution in [-0.2, 0) is 10.0 Å². The molecular formula is C14H16N4O3S. The Morgan fingerprint density at radius 3 is 2.82 bits per heavy atom. The lowest BCUT2D eigenvalue weighted by Gasteiger charge is -2.20. The quantitative estimate of drug-likeness (QED) is 0.785. The van der Waals surface area contributed by atoms with E-state index < -0.39 is 15.9 Å². The van der Waals surface area contributed by atoms with Gasteiger partial charge in [0.25, 0.3) is 5.91 Å². The van der Waals surface area contributed by atoms with Crippen molar-refractivity contribution < 1.29 is 13.2 Å². The molecule has 22 heavy (non-hydrogen) atoms. The summed E-state index contributed by atoms with van der Waals surface area (Å²) in [7, 11) is -3.52. The van der Waals surface area contributed by atoms with Crippen LogP contribution in [0.25, 0.3) is 5.52 Å². The molecule has 7 nitrogen and oxygen atoms in total. The molecule has 2 fully saturated rings. The summed E-state index contributed by atoms with van der Waals surface area (Å²) in [5, 5.41) is 7.58. The molecule has 0 radical (unpaired) electrons. The Morgan fingerprint density at radius 2 is 2.05 bits per heavy atom. The van der Waals surface area contributed by atoms with Crippen molar-refractivity contribution in [2.45, 2.75) is 25.7 Å². The second kappa shape index (κ2) is 4.52. The number of pyridine rings is 1. The molecule has 1 aliphatic carbocycles. The maximum atomic E-state index is 12.7. The zero-order chi connectivity index (χ0) is 15.4. The van der Waals surface area contributed by atoms with Crippen molar-refractivity contribution in [1.29, 1.82) is 0 Å². The van der Waals surface area contributed by atoms with Gasteiger partial charge in [0.1, 0.15) is 0 Å². The first kappa shape index (κ1) is 13.7. The first-order valence-electron chi connectivity index (χ1n) is 7.34. The smallest absolute Gasteiger partial charge is 0.267 e. The van der Waals surface area contributed by atoms with Crippen LogP contribution >= 0.6 is 0 Å². The lowest BCUT2D eigenvalue weighted by atomic mass is 9.88. The Bertz CT molecular complexity index is 852. The van der Waals surface area contributed by atoms with Gasteiger partial charge in [-0.25, -0.2) is 17.2 Å². The number of carbonyl (C=O) groups excluding carboxylic acids is 1. The molecule has 1 saturated heterocycles. The third-order valence-electron chi connectivity index (χ3n) is 4.74. The van der Waals surface area contributed by atoms with Crippen LogP contribution in [0.2, 0.25) is 0 Å². The second-order valence-electron chi connectivity index (χ2n) is 6.29. The molecule has 2 aliphatic rings. The molecule has 4 rings (SSSR count). The van der Waals surface area contributed by atoms with Gasteiger partial charge in [-0.1, -0.05) is 18.1 Å². The van der Waals surface area contributed by atoms with Gasteiger partial charge in [0.2, 0.25) is 10.0 Å². The molecule has 2 aromatic heterocycles. The van der Waals surface area contributed by atoms with E-state index in [-0.39, 0.29) is 11.2 Å². The van der Waals surface area contributed by atoms with Crippen LogP contribution in [0.1, 0.15) is 36.0 Å². The van der Waals surface area contributed by atoms with E-state index in [1.807, 2.05) is 0 Å². The predicted octanol–water partition coefficient (Wildman–Crippen LogP) is 1.08. The molecule has 1 spiro atoms. The fraction of sp³-hybridized carbons (Fsp3) is 0.500. The maximum Gasteiger partial charge on any atom is 0.267 e. The molecule has 1 amide bonds. The Kier molecular flexibility index (Phi) is 2.81. The monoisotopic (exact) mass is 320 g/mol. The van der Waals surface area contributed by atoms with Gasteiger partial charge in [-0.05, 0) is 25.0 Å². The molecular weight excluding hydrogens is 304 g/mol. The van der Waals surface area contributed by atoms with E-state index in [9.17, 15) is 13.2 Å². The largest absolute Gasteiger partial charge is 0.268 e. The van der Waals surface area contributed by atoms with Crippen molar-refractivity contribution in [2.24, 2.45) is 5.41 Å². The summed E-state index contributed by atoms with van der Waals surface area (Å²) >= 11 is 0. The molecule has 116 valence electrons. The van der Waals surface area contributed by atoms with E-state index in [4.69, 9.17) is 0 Å². The van der Waals surface area contributed by atoms with Crippen LogP contribution in [0, 0.1) is 5.41 Å². The highest BCUT2D eigenvalue weighted by Gasteiger charge is 2.50. The third-order valence-corrected chi connectivity index (χ3v) is 6.69. The number of sulfonamides is 1. The zero-order valence-electron chi connectivity index (χ0n) is 12.0. The van der Waals surface area contributed by atoms with Crippen molar-refractivity contribution in [3.63, 3.8) is 0 Å². The third kappa shape index (κ3) is 2.01. The van der Waals surface area contributed by atoms with Crippen LogP contribution in [0.4, 0.5) is 0 Å². The van der Waals surface area contributed by atoms with Crippen molar-refractivity contribution in [3.8, 4) is 0 Å². The normalized spacial score (nSPS) is 22.6. The van der Waals surface area contributed by atoms with Crippen LogP contribution in [0.15, 0.2) is 24.5 Å². The number of amides is 1. The molecule has 1 aliphatic heterocycles. The molecule has 2 aromatic rings. The van der Waals surface area contributed by atoms with Crippen LogP contribution in [0.5, 0.6) is 0 Å². The van der Waals surface area contributed by atoms with Gasteiger partial charge in [0, 0.05) is 23.7 Å². The molecule has 3 heterocycles. The lowest BCUT2D eigenvalue weighted by Crippen LogP contribution is -2.33. The highest BCUT2D eigenvalue weighted by molar-refractivity contribution is 7.89. The number of aromatic nitrogens is 3. The van der Waals surface area contributed by atoms with Crippen molar-refractivity contribution in [3.05, 3.63) is 30.1 Å². The number of fused-ring (bicyclic) bond motifs is 1. The standard InChI is InChI=1S/C14H16N4O3S/c19-13(11-3-6-17-12(7-11)8-15-16-17)18-9-14(4-1-2-5-14)10-22(18,20)21/h3,6-8H,1-2,4-5,9-10H2. The van der Waals surface area contributed by atoms with E-state index in [0.29, 0.717) is 17.6 Å². The molecule has 0 unspecified atom stereocenters. The van der Waals surface area contributed by atoms with E-state index in [0.717, 1.165) is 30.0 Å². The molecule has 8 heteroatoms. The fourth-order valence-corrected chi connectivity index (χ4v) is 5.78. The number of rotatable bonds is 1. The van der Waals surface area contributed by atoms with Gasteiger partial charge in [0.05, 0.1) is 17.5 Å². The van der Waals surface area contributed by atoms with Gasteiger partial charge in [0.15, 0.2) is 0 Å². The average molecular weight is 320 g/mol. The SMILES string of the molecule is O=C(c1ccn2nncc2c1)N1CC2(CCCC2)CS1(=O)=O. The predicted molar refractivity (Wildman–Crippen MR) is 78.7 cm³/mol. The van der Waals surface area contributed by atoms with Gasteiger partial charge >= 0.3 is 0 Å². The van der Waals surface area contributed by atoms with Crippen LogP contribution in [-0.4, -0.2) is 45.8 Å². The van der Waals surface area contributed by atoms with Crippen molar-refractivity contribution >= 4 is 21.4 Å². The van der Waals surface area contributed by atoms with Gasteiger partial charge < -0.3 is 0 Å². The summed E-state index contributed by atoms with van der Waals surface area (Å²) < 4.78 is 27.5. The summed E-state index contributed by atoms with van der Waals surface area (Å²) in [4.78, 5) is 12.7. The van der Waals surface area contributed by atoms with Gasteiger partial charge in [-0.15, -0.1) is 5.10 Å². The minimum atomic E-state index is -3.52. The zero-order valence-corrected chi connectivity index (χ0v) is 12.8. The number of carbonyl (C=O) groups is 1. The Morgan fingerprint density at radius 1 is 1.27 bits per heavy atom. The topological polar surface area (TPSA) is 84.6 Å². The minimum Gasteiger partial charge on any atom is -0.268 e. The Labute approximate surface area is 128 Å². The highest BCUT2D eigenvalue weighted by Crippen LogP contribution is 2.45. The summed E-state index contributed by atoms with van der Waals surface area (Å²) in [5.41, 5.74) is 0.794. The van der Waals surface area contributed by atoms with E-state index in [1.54, 1.807) is 18.3 Å². The van der Waals surface area contributed by atoms with Crippen LogP contribution < -0.4 is 0 Å². The van der Waals surface area contributed by atoms with Gasteiger partial charge in [-0.2, -0.15) is 0 Å². The van der Waals surface area contributed by atoms with Crippen LogP contribution in [0.3, 0.4) is 0 Å².